The third-order valence-electron chi connectivity index (χ3n) is 3.47. The maximum Gasteiger partial charge on any atom is 0.434 e. The Morgan fingerprint density at radius 1 is 1.12 bits per heavy atom. The number of hydrogen-bond acceptors (Lipinski definition) is 3. The fourth-order valence-electron chi connectivity index (χ4n) is 2.21. The number of aryl methyl sites for hydroxylation is 1. The van der Waals surface area contributed by atoms with Gasteiger partial charge in [0.05, 0.1) is 5.01 Å². The average molecular weight is 370 g/mol. The van der Waals surface area contributed by atoms with Crippen molar-refractivity contribution in [3.8, 4) is 0 Å². The molecule has 1 aromatic heterocycles. The first-order chi connectivity index (χ1) is 12.0. The number of rotatable bonds is 7. The van der Waals surface area contributed by atoms with E-state index in [4.69, 9.17) is 0 Å². The zero-order valence-electron chi connectivity index (χ0n) is 13.9. The predicted molar refractivity (Wildman–Crippen MR) is 94.9 cm³/mol. The van der Waals surface area contributed by atoms with Gasteiger partial charge in [-0.3, -0.25) is 4.99 Å². The maximum absolute atomic E-state index is 12.5. The van der Waals surface area contributed by atoms with Crippen molar-refractivity contribution in [1.82, 2.24) is 15.6 Å². The van der Waals surface area contributed by atoms with Crippen LogP contribution in [0.2, 0.25) is 0 Å². The molecule has 0 unspecified atom stereocenters. The van der Waals surface area contributed by atoms with Crippen LogP contribution in [0.15, 0.2) is 40.7 Å². The van der Waals surface area contributed by atoms with E-state index < -0.39 is 11.9 Å². The molecule has 0 aliphatic carbocycles. The summed E-state index contributed by atoms with van der Waals surface area (Å²) in [7, 11) is 1.66. The summed E-state index contributed by atoms with van der Waals surface area (Å²) in [6, 6.07) is 10.2. The highest BCUT2D eigenvalue weighted by Gasteiger charge is 2.33. The van der Waals surface area contributed by atoms with Crippen LogP contribution in [0.3, 0.4) is 0 Å². The Bertz CT molecular complexity index is 668. The number of hydrogen-bond donors (Lipinski definition) is 2. The zero-order valence-corrected chi connectivity index (χ0v) is 14.8. The Kier molecular flexibility index (Phi) is 7.24. The molecule has 8 heteroatoms. The summed E-state index contributed by atoms with van der Waals surface area (Å²) in [5.41, 5.74) is 0.465. The molecule has 2 rings (SSSR count). The van der Waals surface area contributed by atoms with E-state index in [1.807, 2.05) is 18.2 Å². The number of nitrogens with zero attached hydrogens (tertiary/aromatic N) is 2. The number of nitrogens with one attached hydrogen (secondary N) is 2. The molecule has 0 aliphatic rings. The molecule has 0 aliphatic heterocycles. The van der Waals surface area contributed by atoms with Crippen LogP contribution in [0.4, 0.5) is 13.2 Å². The molecular formula is C17H21F3N4S. The van der Waals surface area contributed by atoms with Gasteiger partial charge in [-0.05, 0) is 18.4 Å². The number of benzene rings is 1. The van der Waals surface area contributed by atoms with Crippen molar-refractivity contribution >= 4 is 17.3 Å². The zero-order chi connectivity index (χ0) is 18.1. The highest BCUT2D eigenvalue weighted by Crippen LogP contribution is 2.29. The Hall–Kier alpha value is -2.09. The molecule has 0 amide bonds. The first-order valence-electron chi connectivity index (χ1n) is 7.99. The van der Waals surface area contributed by atoms with Crippen LogP contribution in [0, 0.1) is 0 Å². The second kappa shape index (κ2) is 9.41. The summed E-state index contributed by atoms with van der Waals surface area (Å²) in [5.74, 6) is 0.640. The van der Waals surface area contributed by atoms with E-state index in [2.05, 4.69) is 32.7 Å². The lowest BCUT2D eigenvalue weighted by molar-refractivity contribution is -0.140. The molecule has 4 nitrogen and oxygen atoms in total. The number of guanidine groups is 1. The van der Waals surface area contributed by atoms with E-state index in [-0.39, 0.29) is 0 Å². The smallest absolute Gasteiger partial charge is 0.356 e. The van der Waals surface area contributed by atoms with Crippen molar-refractivity contribution in [2.75, 3.05) is 20.1 Å². The molecular weight excluding hydrogens is 349 g/mol. The van der Waals surface area contributed by atoms with Crippen molar-refractivity contribution in [3.05, 3.63) is 52.0 Å². The molecule has 136 valence electrons. The number of aromatic nitrogens is 1. The first-order valence-corrected chi connectivity index (χ1v) is 8.87. The Balaban J connectivity index is 1.66. The lowest BCUT2D eigenvalue weighted by atomic mass is 10.1. The van der Waals surface area contributed by atoms with Gasteiger partial charge in [0.2, 0.25) is 0 Å². The van der Waals surface area contributed by atoms with Crippen LogP contribution in [0.1, 0.15) is 22.7 Å². The maximum atomic E-state index is 12.5. The lowest BCUT2D eigenvalue weighted by Crippen LogP contribution is -2.38. The fourth-order valence-corrected chi connectivity index (χ4v) is 3.01. The number of aliphatic imine (C=N–C) groups is 1. The molecule has 0 saturated carbocycles. The molecule has 0 spiro atoms. The lowest BCUT2D eigenvalue weighted by Gasteiger charge is -2.11. The molecule has 2 N–H and O–H groups in total. The van der Waals surface area contributed by atoms with Crippen LogP contribution in [0.25, 0.3) is 0 Å². The summed E-state index contributed by atoms with van der Waals surface area (Å²) in [4.78, 5) is 7.71. The first kappa shape index (κ1) is 19.2. The Labute approximate surface area is 149 Å². The van der Waals surface area contributed by atoms with Gasteiger partial charge in [-0.15, -0.1) is 11.3 Å². The average Bonchev–Trinajstić information content (AvgIpc) is 3.07. The van der Waals surface area contributed by atoms with Gasteiger partial charge in [0.1, 0.15) is 0 Å². The van der Waals surface area contributed by atoms with Gasteiger partial charge in [-0.1, -0.05) is 30.3 Å². The van der Waals surface area contributed by atoms with E-state index in [9.17, 15) is 13.2 Å². The van der Waals surface area contributed by atoms with E-state index >= 15 is 0 Å². The van der Waals surface area contributed by atoms with Gasteiger partial charge in [-0.2, -0.15) is 13.2 Å². The van der Waals surface area contributed by atoms with Crippen molar-refractivity contribution in [1.29, 1.82) is 0 Å². The van der Waals surface area contributed by atoms with Gasteiger partial charge < -0.3 is 10.6 Å². The van der Waals surface area contributed by atoms with Crippen LogP contribution in [-0.2, 0) is 19.0 Å². The van der Waals surface area contributed by atoms with Gasteiger partial charge in [-0.25, -0.2) is 4.98 Å². The summed E-state index contributed by atoms with van der Waals surface area (Å²) >= 11 is 1.02. The normalized spacial score (nSPS) is 12.2. The third kappa shape index (κ3) is 6.74. The van der Waals surface area contributed by atoms with E-state index in [0.29, 0.717) is 23.9 Å². The standard InChI is InChI=1S/C17H21F3N4S/c1-21-16(22-10-5-8-13-6-3-2-4-7-13)23-11-9-15-24-14(12-25-15)17(18,19)20/h2-4,6-7,12H,5,8-11H2,1H3,(H2,21,22,23). The van der Waals surface area contributed by atoms with Crippen molar-refractivity contribution in [2.24, 2.45) is 4.99 Å². The largest absolute Gasteiger partial charge is 0.434 e. The fraction of sp³-hybridized carbons (Fsp3) is 0.412. The Morgan fingerprint density at radius 3 is 2.48 bits per heavy atom. The molecule has 0 bridgehead atoms. The monoisotopic (exact) mass is 370 g/mol. The molecule has 0 atom stereocenters. The van der Waals surface area contributed by atoms with Gasteiger partial charge in [0, 0.05) is 31.9 Å². The number of halogens is 3. The van der Waals surface area contributed by atoms with E-state index in [0.717, 1.165) is 36.1 Å². The quantitative estimate of drug-likeness (QED) is 0.446. The molecule has 0 fully saturated rings. The second-order valence-electron chi connectivity index (χ2n) is 5.39. The highest BCUT2D eigenvalue weighted by molar-refractivity contribution is 7.09. The second-order valence-corrected chi connectivity index (χ2v) is 6.33. The van der Waals surface area contributed by atoms with Crippen molar-refractivity contribution in [2.45, 2.75) is 25.4 Å². The molecule has 0 radical (unpaired) electrons. The number of alkyl halides is 3. The van der Waals surface area contributed by atoms with E-state index in [1.165, 1.54) is 5.56 Å². The molecule has 0 saturated heterocycles. The summed E-state index contributed by atoms with van der Waals surface area (Å²) in [5, 5.41) is 7.79. The minimum atomic E-state index is -4.38. The minimum Gasteiger partial charge on any atom is -0.356 e. The summed E-state index contributed by atoms with van der Waals surface area (Å²) in [6.45, 7) is 1.24. The van der Waals surface area contributed by atoms with Gasteiger partial charge >= 0.3 is 6.18 Å². The van der Waals surface area contributed by atoms with E-state index in [1.54, 1.807) is 7.05 Å². The Morgan fingerprint density at radius 2 is 1.84 bits per heavy atom. The van der Waals surface area contributed by atoms with Crippen LogP contribution >= 0.6 is 11.3 Å². The topological polar surface area (TPSA) is 49.3 Å². The predicted octanol–water partition coefficient (Wildman–Crippen LogP) is 3.50. The molecule has 1 aromatic carbocycles. The van der Waals surface area contributed by atoms with Crippen LogP contribution in [-0.4, -0.2) is 31.1 Å². The molecule has 25 heavy (non-hydrogen) atoms. The SMILES string of the molecule is CN=C(NCCCc1ccccc1)NCCc1nc(C(F)(F)F)cs1. The highest BCUT2D eigenvalue weighted by atomic mass is 32.1. The number of thiazole rings is 1. The van der Waals surface area contributed by atoms with Crippen LogP contribution < -0.4 is 10.6 Å². The van der Waals surface area contributed by atoms with Gasteiger partial charge in [0.15, 0.2) is 11.7 Å². The van der Waals surface area contributed by atoms with Crippen molar-refractivity contribution in [3.63, 3.8) is 0 Å². The van der Waals surface area contributed by atoms with Crippen molar-refractivity contribution < 1.29 is 13.2 Å². The minimum absolute atomic E-state index is 0.422. The van der Waals surface area contributed by atoms with Gasteiger partial charge in [0.25, 0.3) is 0 Å². The molecule has 1 heterocycles. The molecule has 2 aromatic rings. The third-order valence-corrected chi connectivity index (χ3v) is 4.38. The van der Waals surface area contributed by atoms with Crippen LogP contribution in [0.5, 0.6) is 0 Å². The summed E-state index contributed by atoms with van der Waals surface area (Å²) < 4.78 is 37.5. The summed E-state index contributed by atoms with van der Waals surface area (Å²) in [6.07, 6.45) is -2.01.